The van der Waals surface area contributed by atoms with Crippen molar-refractivity contribution in [1.82, 2.24) is 0 Å². The summed E-state index contributed by atoms with van der Waals surface area (Å²) in [6.45, 7) is 8.66. The van der Waals surface area contributed by atoms with Gasteiger partial charge in [0.2, 0.25) is 0 Å². The summed E-state index contributed by atoms with van der Waals surface area (Å²) in [5.41, 5.74) is 7.39. The summed E-state index contributed by atoms with van der Waals surface area (Å²) in [5.74, 6) is 1.17. The third-order valence-electron chi connectivity index (χ3n) is 2.66. The van der Waals surface area contributed by atoms with Crippen LogP contribution in [0.3, 0.4) is 0 Å². The maximum atomic E-state index is 9.83. The highest BCUT2D eigenvalue weighted by Crippen LogP contribution is 2.26. The van der Waals surface area contributed by atoms with E-state index < -0.39 is 0 Å². The molecule has 0 radical (unpaired) electrons. The van der Waals surface area contributed by atoms with Gasteiger partial charge >= 0.3 is 0 Å². The Morgan fingerprint density at radius 1 is 1.26 bits per heavy atom. The molecule has 4 nitrogen and oxygen atoms in total. The molecule has 19 heavy (non-hydrogen) atoms. The van der Waals surface area contributed by atoms with Crippen molar-refractivity contribution >= 4 is 11.4 Å². The number of hydrogen-bond donors (Lipinski definition) is 3. The van der Waals surface area contributed by atoms with Gasteiger partial charge in [-0.15, -0.1) is 0 Å². The van der Waals surface area contributed by atoms with Gasteiger partial charge in [0.15, 0.2) is 0 Å². The van der Waals surface area contributed by atoms with E-state index in [1.165, 1.54) is 0 Å². The van der Waals surface area contributed by atoms with Crippen molar-refractivity contribution in [2.75, 3.05) is 17.6 Å². The number of aliphatic hydroxyl groups excluding tert-OH is 1. The number of anilines is 2. The lowest BCUT2D eigenvalue weighted by molar-refractivity contribution is 0.161. The second kappa shape index (κ2) is 7.24. The van der Waals surface area contributed by atoms with Crippen LogP contribution < -0.4 is 15.8 Å². The van der Waals surface area contributed by atoms with Gasteiger partial charge in [0.05, 0.1) is 17.9 Å². The number of rotatable bonds is 7. The third-order valence-corrected chi connectivity index (χ3v) is 2.66. The Morgan fingerprint density at radius 2 is 1.95 bits per heavy atom. The molecule has 0 aromatic heterocycles. The third kappa shape index (κ3) is 5.83. The molecule has 1 atom stereocenters. The zero-order valence-corrected chi connectivity index (χ0v) is 12.3. The maximum absolute atomic E-state index is 9.83. The predicted molar refractivity (Wildman–Crippen MR) is 80.6 cm³/mol. The van der Waals surface area contributed by atoms with Gasteiger partial charge in [0.1, 0.15) is 5.75 Å². The first-order valence-electron chi connectivity index (χ1n) is 6.86. The molecule has 0 aliphatic rings. The number of aliphatic hydroxyl groups is 1. The molecule has 0 heterocycles. The first kappa shape index (κ1) is 15.6. The Balaban J connectivity index is 2.59. The average molecular weight is 266 g/mol. The fourth-order valence-electron chi connectivity index (χ4n) is 1.86. The maximum Gasteiger partial charge on any atom is 0.144 e. The Morgan fingerprint density at radius 3 is 2.53 bits per heavy atom. The predicted octanol–water partition coefficient (Wildman–Crippen LogP) is 2.87. The van der Waals surface area contributed by atoms with Crippen molar-refractivity contribution in [2.24, 2.45) is 5.92 Å². The highest BCUT2D eigenvalue weighted by molar-refractivity contribution is 5.61. The van der Waals surface area contributed by atoms with Gasteiger partial charge in [-0.05, 0) is 38.3 Å². The van der Waals surface area contributed by atoms with E-state index in [9.17, 15) is 5.11 Å². The minimum Gasteiger partial charge on any atom is -0.489 e. The summed E-state index contributed by atoms with van der Waals surface area (Å²) in [6, 6.07) is 5.58. The number of nitrogens with two attached hydrogens (primary N) is 1. The van der Waals surface area contributed by atoms with Gasteiger partial charge < -0.3 is 20.9 Å². The molecule has 0 aliphatic carbocycles. The van der Waals surface area contributed by atoms with Crippen molar-refractivity contribution in [3.05, 3.63) is 18.2 Å². The van der Waals surface area contributed by atoms with Gasteiger partial charge in [0.25, 0.3) is 0 Å². The monoisotopic (exact) mass is 266 g/mol. The van der Waals surface area contributed by atoms with E-state index in [0.29, 0.717) is 23.9 Å². The van der Waals surface area contributed by atoms with Crippen molar-refractivity contribution < 1.29 is 9.84 Å². The van der Waals surface area contributed by atoms with Gasteiger partial charge in [-0.3, -0.25) is 0 Å². The highest BCUT2D eigenvalue weighted by Gasteiger charge is 2.08. The molecule has 4 N–H and O–H groups in total. The second-order valence-corrected chi connectivity index (χ2v) is 5.58. The number of nitrogens with one attached hydrogen (secondary N) is 1. The average Bonchev–Trinajstić information content (AvgIpc) is 2.28. The summed E-state index contributed by atoms with van der Waals surface area (Å²) in [6.07, 6.45) is 0.535. The molecule has 1 aromatic carbocycles. The van der Waals surface area contributed by atoms with E-state index in [2.05, 4.69) is 19.2 Å². The van der Waals surface area contributed by atoms with E-state index in [-0.39, 0.29) is 12.2 Å². The van der Waals surface area contributed by atoms with Crippen molar-refractivity contribution in [2.45, 2.75) is 46.3 Å². The van der Waals surface area contributed by atoms with Crippen molar-refractivity contribution in [3.8, 4) is 5.75 Å². The van der Waals surface area contributed by atoms with E-state index in [0.717, 1.165) is 12.1 Å². The van der Waals surface area contributed by atoms with E-state index >= 15 is 0 Å². The Hall–Kier alpha value is -1.42. The van der Waals surface area contributed by atoms with E-state index in [4.69, 9.17) is 10.5 Å². The number of ether oxygens (including phenoxy) is 1. The summed E-state index contributed by atoms with van der Waals surface area (Å²) < 4.78 is 5.63. The van der Waals surface area contributed by atoms with Crippen LogP contribution in [-0.2, 0) is 0 Å². The zero-order valence-electron chi connectivity index (χ0n) is 12.3. The molecule has 4 heteroatoms. The second-order valence-electron chi connectivity index (χ2n) is 5.58. The highest BCUT2D eigenvalue weighted by atomic mass is 16.5. The molecular weight excluding hydrogens is 240 g/mol. The number of nitrogen functional groups attached to an aromatic ring is 1. The molecule has 0 spiro atoms. The normalized spacial score (nSPS) is 12.8. The molecule has 0 fully saturated rings. The summed E-state index contributed by atoms with van der Waals surface area (Å²) >= 11 is 0. The molecule has 0 saturated carbocycles. The lowest BCUT2D eigenvalue weighted by Crippen LogP contribution is -2.21. The van der Waals surface area contributed by atoms with Crippen LogP contribution >= 0.6 is 0 Å². The number of hydrogen-bond acceptors (Lipinski definition) is 4. The smallest absolute Gasteiger partial charge is 0.144 e. The first-order valence-corrected chi connectivity index (χ1v) is 6.86. The minimum absolute atomic E-state index is 0.0871. The number of benzene rings is 1. The summed E-state index contributed by atoms with van der Waals surface area (Å²) in [5, 5.41) is 13.0. The van der Waals surface area contributed by atoms with Crippen LogP contribution in [0, 0.1) is 5.92 Å². The van der Waals surface area contributed by atoms with Gasteiger partial charge in [-0.1, -0.05) is 13.8 Å². The van der Waals surface area contributed by atoms with Crippen LogP contribution in [0.15, 0.2) is 18.2 Å². The van der Waals surface area contributed by atoms with Crippen LogP contribution in [0.1, 0.15) is 34.1 Å². The van der Waals surface area contributed by atoms with E-state index in [1.54, 1.807) is 0 Å². The van der Waals surface area contributed by atoms with Gasteiger partial charge in [-0.2, -0.15) is 0 Å². The standard InChI is InChI=1S/C15H26N2O2/c1-10(2)7-13(18)9-17-12-5-6-14(16)15(8-12)19-11(3)4/h5-6,8,10-11,13,17-18H,7,9,16H2,1-4H3. The Kier molecular flexibility index (Phi) is 5.96. The van der Waals surface area contributed by atoms with Gasteiger partial charge in [0, 0.05) is 18.3 Å². The van der Waals surface area contributed by atoms with Crippen molar-refractivity contribution in [3.63, 3.8) is 0 Å². The molecule has 1 aromatic rings. The molecular formula is C15H26N2O2. The zero-order chi connectivity index (χ0) is 14.4. The van der Waals surface area contributed by atoms with E-state index in [1.807, 2.05) is 32.0 Å². The quantitative estimate of drug-likeness (QED) is 0.664. The largest absolute Gasteiger partial charge is 0.489 e. The van der Waals surface area contributed by atoms with Crippen LogP contribution in [0.4, 0.5) is 11.4 Å². The molecule has 108 valence electrons. The molecule has 0 bridgehead atoms. The Bertz CT molecular complexity index is 392. The molecule has 0 amide bonds. The fraction of sp³-hybridized carbons (Fsp3) is 0.600. The molecule has 0 saturated heterocycles. The minimum atomic E-state index is -0.341. The van der Waals surface area contributed by atoms with Crippen LogP contribution in [0.25, 0.3) is 0 Å². The molecule has 1 rings (SSSR count). The fourth-order valence-corrected chi connectivity index (χ4v) is 1.86. The molecule has 0 aliphatic heterocycles. The lowest BCUT2D eigenvalue weighted by atomic mass is 10.1. The topological polar surface area (TPSA) is 67.5 Å². The first-order chi connectivity index (χ1) is 8.88. The van der Waals surface area contributed by atoms with Gasteiger partial charge in [-0.25, -0.2) is 0 Å². The van der Waals surface area contributed by atoms with Crippen LogP contribution in [0.5, 0.6) is 5.75 Å². The van der Waals surface area contributed by atoms with Crippen LogP contribution in [-0.4, -0.2) is 23.9 Å². The molecule has 1 unspecified atom stereocenters. The Labute approximate surface area is 116 Å². The van der Waals surface area contributed by atoms with Crippen LogP contribution in [0.2, 0.25) is 0 Å². The van der Waals surface area contributed by atoms with Crippen molar-refractivity contribution in [1.29, 1.82) is 0 Å². The summed E-state index contributed by atoms with van der Waals surface area (Å²) in [4.78, 5) is 0. The lowest BCUT2D eigenvalue weighted by Gasteiger charge is -2.17. The summed E-state index contributed by atoms with van der Waals surface area (Å²) in [7, 11) is 0. The SMILES string of the molecule is CC(C)CC(O)CNc1ccc(N)c(OC(C)C)c1.